The fourth-order valence-electron chi connectivity index (χ4n) is 6.27. The highest BCUT2D eigenvalue weighted by Crippen LogP contribution is 2.56. The third-order valence-corrected chi connectivity index (χ3v) is 9.83. The van der Waals surface area contributed by atoms with E-state index < -0.39 is 46.3 Å². The number of halogens is 7. The monoisotopic (exact) mass is 674 g/mol. The molecule has 3 fully saturated rings. The molecule has 4 rings (SSSR count). The molecule has 1 aromatic rings. The van der Waals surface area contributed by atoms with Gasteiger partial charge in [0.1, 0.15) is 23.6 Å². The largest absolute Gasteiger partial charge is 0.419 e. The predicted molar refractivity (Wildman–Crippen MR) is 166 cm³/mol. The van der Waals surface area contributed by atoms with Crippen LogP contribution in [0.3, 0.4) is 0 Å². The van der Waals surface area contributed by atoms with Crippen LogP contribution in [0.25, 0.3) is 0 Å². The van der Waals surface area contributed by atoms with Crippen LogP contribution in [0.2, 0.25) is 0 Å². The Kier molecular flexibility index (Phi) is 16.0. The Bertz CT molecular complexity index is 998. The van der Waals surface area contributed by atoms with E-state index in [2.05, 4.69) is 13.2 Å². The van der Waals surface area contributed by atoms with Crippen LogP contribution in [-0.2, 0) is 0 Å². The van der Waals surface area contributed by atoms with Crippen LogP contribution in [0.1, 0.15) is 131 Å². The van der Waals surface area contributed by atoms with Crippen LogP contribution in [-0.4, -0.2) is 33.2 Å². The smallest absolute Gasteiger partial charge is 0.398 e. The number of aliphatic hydroxyl groups is 1. The van der Waals surface area contributed by atoms with E-state index in [4.69, 9.17) is 13.8 Å². The molecule has 0 radical (unpaired) electrons. The van der Waals surface area contributed by atoms with Gasteiger partial charge in [-0.1, -0.05) is 83.1 Å². The van der Waals surface area contributed by atoms with Crippen LogP contribution in [0, 0.1) is 0 Å². The highest BCUT2D eigenvalue weighted by Gasteiger charge is 2.74. The van der Waals surface area contributed by atoms with Crippen molar-refractivity contribution < 1.29 is 44.6 Å². The Morgan fingerprint density at radius 3 is 1.45 bits per heavy atom. The van der Waals surface area contributed by atoms with Crippen molar-refractivity contribution in [3.05, 3.63) is 53.9 Å². The predicted octanol–water partition coefficient (Wildman–Crippen LogP) is 12.1. The van der Waals surface area contributed by atoms with E-state index in [0.717, 1.165) is 114 Å². The molecule has 0 bridgehead atoms. The highest BCUT2D eigenvalue weighted by molar-refractivity contribution is 7.96. The van der Waals surface area contributed by atoms with Gasteiger partial charge in [0.25, 0.3) is 0 Å². The Morgan fingerprint density at radius 2 is 1.11 bits per heavy atom. The molecule has 0 atom stereocenters. The molecule has 0 aliphatic heterocycles. The molecule has 0 aromatic heterocycles. The summed E-state index contributed by atoms with van der Waals surface area (Å²) in [6, 6.07) is 4.06. The summed E-state index contributed by atoms with van der Waals surface area (Å²) in [5, 5.41) is -3.63. The molecule has 2 N–H and O–H groups in total. The van der Waals surface area contributed by atoms with Gasteiger partial charge in [-0.15, -0.1) is 0 Å². The van der Waals surface area contributed by atoms with Gasteiger partial charge in [0, 0.05) is 7.11 Å². The van der Waals surface area contributed by atoms with Crippen molar-refractivity contribution in [3.8, 4) is 5.75 Å². The van der Waals surface area contributed by atoms with Crippen molar-refractivity contribution in [2.75, 3.05) is 7.11 Å². The maximum Gasteiger partial charge on any atom is 0.398 e. The SMILES string of the molecule is C=CC(=C)F.CO.OSC(F)(F)C(F)(F)C(F)(F)SOc1c(C2CCCCC2)cc(C2CCCCC2)cc1C1CCCCC1. The van der Waals surface area contributed by atoms with Gasteiger partial charge in [-0.05, 0) is 79.0 Å². The van der Waals surface area contributed by atoms with Gasteiger partial charge in [0.15, 0.2) is 0 Å². The normalized spacial score (nSPS) is 19.2. The van der Waals surface area contributed by atoms with Crippen LogP contribution >= 0.6 is 24.1 Å². The molecule has 0 unspecified atom stereocenters. The molecule has 3 nitrogen and oxygen atoms in total. The first kappa shape index (κ1) is 38.8. The lowest BCUT2D eigenvalue weighted by Crippen LogP contribution is -2.50. The number of benzene rings is 1. The summed E-state index contributed by atoms with van der Waals surface area (Å²) in [5.74, 6) is -5.66. The van der Waals surface area contributed by atoms with Crippen molar-refractivity contribution in [2.24, 2.45) is 0 Å². The van der Waals surface area contributed by atoms with Gasteiger partial charge in [0.05, 0.1) is 12.0 Å². The Balaban J connectivity index is 0.000000876. The Hall–Kier alpha value is -1.37. The lowest BCUT2D eigenvalue weighted by Gasteiger charge is -2.33. The summed E-state index contributed by atoms with van der Waals surface area (Å²) in [6.07, 6.45) is 16.1. The van der Waals surface area contributed by atoms with E-state index >= 15 is 0 Å². The van der Waals surface area contributed by atoms with E-state index in [-0.39, 0.29) is 17.6 Å². The zero-order valence-corrected chi connectivity index (χ0v) is 26.9. The molecule has 252 valence electrons. The molecule has 3 saturated carbocycles. The highest BCUT2D eigenvalue weighted by atomic mass is 32.2. The number of hydrogen-bond donors (Lipinski definition) is 2. The quantitative estimate of drug-likeness (QED) is 0.147. The number of hydrogen-bond acceptors (Lipinski definition) is 5. The second kappa shape index (κ2) is 18.1. The van der Waals surface area contributed by atoms with Crippen LogP contribution < -0.4 is 4.18 Å². The molecule has 0 saturated heterocycles. The molecule has 12 heteroatoms. The molecule has 0 spiro atoms. The van der Waals surface area contributed by atoms with Gasteiger partial charge in [0.2, 0.25) is 0 Å². The zero-order valence-electron chi connectivity index (χ0n) is 25.2. The minimum absolute atomic E-state index is 0.0544. The van der Waals surface area contributed by atoms with Crippen molar-refractivity contribution in [1.82, 2.24) is 0 Å². The number of alkyl halides is 6. The van der Waals surface area contributed by atoms with E-state index in [9.17, 15) is 30.7 Å². The third-order valence-electron chi connectivity index (χ3n) is 8.63. The van der Waals surface area contributed by atoms with Crippen molar-refractivity contribution in [2.45, 2.75) is 130 Å². The summed E-state index contributed by atoms with van der Waals surface area (Å²) in [6.45, 7) is 5.97. The van der Waals surface area contributed by atoms with Crippen LogP contribution in [0.5, 0.6) is 5.75 Å². The summed E-state index contributed by atoms with van der Waals surface area (Å²) in [5.41, 5.74) is 2.69. The van der Waals surface area contributed by atoms with E-state index in [1.165, 1.54) is 12.0 Å². The maximum absolute atomic E-state index is 14.6. The average Bonchev–Trinajstić information content (AvgIpc) is 3.05. The minimum atomic E-state index is -5.82. The van der Waals surface area contributed by atoms with Gasteiger partial charge in [-0.2, -0.15) is 26.3 Å². The van der Waals surface area contributed by atoms with Crippen LogP contribution in [0.15, 0.2) is 37.2 Å². The number of rotatable bonds is 10. The lowest BCUT2D eigenvalue weighted by molar-refractivity contribution is -0.239. The van der Waals surface area contributed by atoms with Crippen molar-refractivity contribution in [1.29, 1.82) is 0 Å². The van der Waals surface area contributed by atoms with Crippen molar-refractivity contribution >= 4 is 24.1 Å². The summed E-state index contributed by atoms with van der Waals surface area (Å²) in [4.78, 5) is 0. The standard InChI is InChI=1S/C27H36F6O2S2.C4H5F.CH4O/c28-25(29,26(30,31)36-34)27(32,33)37-35-24-22(19-12-6-2-7-13-19)16-21(18-10-4-1-5-11-18)17-23(24)20-14-8-3-9-15-20;1-3-4(2)5;1-2/h16-20,34H,1-15H2;3H,1-2H2;2H,1H3. The first-order valence-corrected chi connectivity index (χ1v) is 16.8. The molecular formula is C32H45F7O3S2. The summed E-state index contributed by atoms with van der Waals surface area (Å²) >= 11 is -2.49. The summed E-state index contributed by atoms with van der Waals surface area (Å²) < 4.78 is 110. The molecule has 3 aliphatic rings. The molecule has 44 heavy (non-hydrogen) atoms. The molecule has 1 aromatic carbocycles. The van der Waals surface area contributed by atoms with Crippen molar-refractivity contribution in [3.63, 3.8) is 0 Å². The Morgan fingerprint density at radius 1 is 0.750 bits per heavy atom. The van der Waals surface area contributed by atoms with Crippen LogP contribution in [0.4, 0.5) is 30.7 Å². The fourth-order valence-corrected chi connectivity index (χ4v) is 7.19. The second-order valence-corrected chi connectivity index (χ2v) is 13.1. The second-order valence-electron chi connectivity index (χ2n) is 11.6. The third kappa shape index (κ3) is 10.1. The number of allylic oxidation sites excluding steroid dienone is 2. The van der Waals surface area contributed by atoms with Gasteiger partial charge >= 0.3 is 16.4 Å². The fraction of sp³-hybridized carbons (Fsp3) is 0.688. The topological polar surface area (TPSA) is 49.7 Å². The first-order valence-electron chi connectivity index (χ1n) is 15.3. The zero-order chi connectivity index (χ0) is 33.0. The van der Waals surface area contributed by atoms with Gasteiger partial charge < -0.3 is 13.8 Å². The lowest BCUT2D eigenvalue weighted by atomic mass is 9.75. The molecule has 3 aliphatic carbocycles. The molecule has 0 heterocycles. The van der Waals surface area contributed by atoms with E-state index in [1.54, 1.807) is 0 Å². The minimum Gasteiger partial charge on any atom is -0.419 e. The Labute approximate surface area is 265 Å². The van der Waals surface area contributed by atoms with E-state index in [1.807, 2.05) is 12.1 Å². The van der Waals surface area contributed by atoms with Gasteiger partial charge in [-0.3, -0.25) is 0 Å². The first-order chi connectivity index (χ1) is 20.8. The van der Waals surface area contributed by atoms with E-state index in [0.29, 0.717) is 5.92 Å². The number of aliphatic hydroxyl groups excluding tert-OH is 1. The molecule has 0 amide bonds. The average molecular weight is 675 g/mol. The maximum atomic E-state index is 14.6. The summed E-state index contributed by atoms with van der Waals surface area (Å²) in [7, 11) is 1.00. The van der Waals surface area contributed by atoms with Gasteiger partial charge in [-0.25, -0.2) is 4.39 Å². The molecular weight excluding hydrogens is 629 g/mol.